The Bertz CT molecular complexity index is 274. The van der Waals surface area contributed by atoms with Crippen molar-refractivity contribution < 1.29 is 4.74 Å². The lowest BCUT2D eigenvalue weighted by atomic mass is 9.68. The van der Waals surface area contributed by atoms with Crippen LogP contribution in [0.2, 0.25) is 0 Å². The second-order valence-corrected chi connectivity index (χ2v) is 5.25. The number of nitrogens with zero attached hydrogens (tertiary/aromatic N) is 2. The van der Waals surface area contributed by atoms with Crippen LogP contribution in [0.25, 0.3) is 0 Å². The normalized spacial score (nSPS) is 22.9. The van der Waals surface area contributed by atoms with E-state index in [0.717, 1.165) is 19.0 Å². The molecule has 0 bridgehead atoms. The summed E-state index contributed by atoms with van der Waals surface area (Å²) in [6.07, 6.45) is 5.61. The summed E-state index contributed by atoms with van der Waals surface area (Å²) >= 11 is 0. The van der Waals surface area contributed by atoms with Crippen LogP contribution >= 0.6 is 0 Å². The predicted octanol–water partition coefficient (Wildman–Crippen LogP) is 1.47. The van der Waals surface area contributed by atoms with Gasteiger partial charge in [0.1, 0.15) is 0 Å². The van der Waals surface area contributed by atoms with Gasteiger partial charge in [-0.1, -0.05) is 6.42 Å². The number of rotatable bonds is 4. The van der Waals surface area contributed by atoms with Crippen molar-refractivity contribution >= 4 is 5.96 Å². The minimum atomic E-state index is 0.636. The van der Waals surface area contributed by atoms with Crippen LogP contribution < -0.4 is 5.32 Å². The van der Waals surface area contributed by atoms with E-state index in [9.17, 15) is 0 Å². The third kappa shape index (κ3) is 2.92. The molecular formula is C13H25N3O. The van der Waals surface area contributed by atoms with E-state index < -0.39 is 0 Å². The lowest BCUT2D eigenvalue weighted by Gasteiger charge is -2.38. The van der Waals surface area contributed by atoms with Gasteiger partial charge in [0.15, 0.2) is 5.96 Å². The molecule has 1 saturated heterocycles. The molecular weight excluding hydrogens is 214 g/mol. The summed E-state index contributed by atoms with van der Waals surface area (Å²) in [7, 11) is 1.72. The van der Waals surface area contributed by atoms with Crippen LogP contribution in [0.4, 0.5) is 0 Å². The Morgan fingerprint density at radius 3 is 2.76 bits per heavy atom. The van der Waals surface area contributed by atoms with Gasteiger partial charge in [0.25, 0.3) is 0 Å². The zero-order valence-corrected chi connectivity index (χ0v) is 11.2. The van der Waals surface area contributed by atoms with Crippen molar-refractivity contribution in [3.63, 3.8) is 0 Å². The SMILES string of the molecule is CCNC(=NCCOC)N1CCC2(CCC2)C1. The molecule has 0 atom stereocenters. The Balaban J connectivity index is 1.89. The summed E-state index contributed by atoms with van der Waals surface area (Å²) in [6, 6.07) is 0. The van der Waals surface area contributed by atoms with Gasteiger partial charge in [-0.25, -0.2) is 0 Å². The van der Waals surface area contributed by atoms with Crippen molar-refractivity contribution in [2.75, 3.05) is 39.9 Å². The van der Waals surface area contributed by atoms with Gasteiger partial charge in [0.2, 0.25) is 0 Å². The fourth-order valence-electron chi connectivity index (χ4n) is 2.87. The Labute approximate surface area is 104 Å². The van der Waals surface area contributed by atoms with Gasteiger partial charge >= 0.3 is 0 Å². The molecule has 2 rings (SSSR count). The predicted molar refractivity (Wildman–Crippen MR) is 70.3 cm³/mol. The smallest absolute Gasteiger partial charge is 0.194 e. The van der Waals surface area contributed by atoms with Crippen LogP contribution in [-0.2, 0) is 4.74 Å². The number of methoxy groups -OCH3 is 1. The van der Waals surface area contributed by atoms with Crippen LogP contribution in [0.3, 0.4) is 0 Å². The molecule has 1 aliphatic carbocycles. The number of hydrogen-bond acceptors (Lipinski definition) is 2. The van der Waals surface area contributed by atoms with Crippen molar-refractivity contribution in [3.05, 3.63) is 0 Å². The van der Waals surface area contributed by atoms with E-state index >= 15 is 0 Å². The fraction of sp³-hybridized carbons (Fsp3) is 0.923. The lowest BCUT2D eigenvalue weighted by Crippen LogP contribution is -2.42. The van der Waals surface area contributed by atoms with Gasteiger partial charge < -0.3 is 15.0 Å². The van der Waals surface area contributed by atoms with E-state index in [0.29, 0.717) is 12.0 Å². The number of hydrogen-bond donors (Lipinski definition) is 1. The number of ether oxygens (including phenoxy) is 1. The zero-order chi connectivity index (χ0) is 12.1. The molecule has 1 heterocycles. The molecule has 0 unspecified atom stereocenters. The van der Waals surface area contributed by atoms with Crippen molar-refractivity contribution in [1.82, 2.24) is 10.2 Å². The van der Waals surface area contributed by atoms with Crippen LogP contribution in [0, 0.1) is 5.41 Å². The molecule has 1 aliphatic heterocycles. The third-order valence-electron chi connectivity index (χ3n) is 4.04. The number of likely N-dealkylation sites (tertiary alicyclic amines) is 1. The first-order chi connectivity index (χ1) is 8.29. The first kappa shape index (κ1) is 12.7. The maximum atomic E-state index is 5.05. The van der Waals surface area contributed by atoms with Crippen LogP contribution in [-0.4, -0.2) is 50.8 Å². The van der Waals surface area contributed by atoms with Gasteiger partial charge in [-0.2, -0.15) is 0 Å². The Hall–Kier alpha value is -0.770. The quantitative estimate of drug-likeness (QED) is 0.458. The van der Waals surface area contributed by atoms with Crippen molar-refractivity contribution in [2.24, 2.45) is 10.4 Å². The first-order valence-electron chi connectivity index (χ1n) is 6.82. The van der Waals surface area contributed by atoms with Crippen LogP contribution in [0.15, 0.2) is 4.99 Å². The second kappa shape index (κ2) is 5.71. The molecule has 4 nitrogen and oxygen atoms in total. The standard InChI is InChI=1S/C13H25N3O/c1-3-14-12(15-8-10-17-2)16-9-7-13(11-16)5-4-6-13/h3-11H2,1-2H3,(H,14,15). The monoisotopic (exact) mass is 239 g/mol. The minimum Gasteiger partial charge on any atom is -0.383 e. The van der Waals surface area contributed by atoms with Gasteiger partial charge in [-0.15, -0.1) is 0 Å². The number of guanidine groups is 1. The van der Waals surface area contributed by atoms with Crippen LogP contribution in [0.1, 0.15) is 32.6 Å². The first-order valence-corrected chi connectivity index (χ1v) is 6.82. The summed E-state index contributed by atoms with van der Waals surface area (Å²) < 4.78 is 5.05. The minimum absolute atomic E-state index is 0.636. The highest BCUT2D eigenvalue weighted by molar-refractivity contribution is 5.80. The molecule has 17 heavy (non-hydrogen) atoms. The molecule has 0 amide bonds. The summed E-state index contributed by atoms with van der Waals surface area (Å²) in [6.45, 7) is 6.89. The maximum Gasteiger partial charge on any atom is 0.194 e. The summed E-state index contributed by atoms with van der Waals surface area (Å²) in [5.74, 6) is 1.08. The van der Waals surface area contributed by atoms with E-state index in [1.54, 1.807) is 7.11 Å². The topological polar surface area (TPSA) is 36.9 Å². The van der Waals surface area contributed by atoms with Gasteiger partial charge in [-0.3, -0.25) is 4.99 Å². The highest BCUT2D eigenvalue weighted by Crippen LogP contribution is 2.47. The van der Waals surface area contributed by atoms with Crippen molar-refractivity contribution in [3.8, 4) is 0 Å². The average Bonchev–Trinajstić information content (AvgIpc) is 2.73. The molecule has 2 aliphatic rings. The number of nitrogens with one attached hydrogen (secondary N) is 1. The zero-order valence-electron chi connectivity index (χ0n) is 11.2. The molecule has 1 spiro atoms. The van der Waals surface area contributed by atoms with Gasteiger partial charge in [0.05, 0.1) is 13.2 Å². The third-order valence-corrected chi connectivity index (χ3v) is 4.04. The summed E-state index contributed by atoms with van der Waals surface area (Å²) in [4.78, 5) is 7.04. The highest BCUT2D eigenvalue weighted by atomic mass is 16.5. The molecule has 1 saturated carbocycles. The Kier molecular flexibility index (Phi) is 4.26. The van der Waals surface area contributed by atoms with E-state index in [2.05, 4.69) is 22.1 Å². The van der Waals surface area contributed by atoms with E-state index in [4.69, 9.17) is 4.74 Å². The summed E-state index contributed by atoms with van der Waals surface area (Å²) in [5.41, 5.74) is 0.636. The fourth-order valence-corrected chi connectivity index (χ4v) is 2.87. The summed E-state index contributed by atoms with van der Waals surface area (Å²) in [5, 5.41) is 3.39. The average molecular weight is 239 g/mol. The molecule has 0 radical (unpaired) electrons. The Morgan fingerprint density at radius 1 is 1.41 bits per heavy atom. The molecule has 4 heteroatoms. The van der Waals surface area contributed by atoms with Crippen molar-refractivity contribution in [1.29, 1.82) is 0 Å². The maximum absolute atomic E-state index is 5.05. The Morgan fingerprint density at radius 2 is 2.24 bits per heavy atom. The van der Waals surface area contributed by atoms with E-state index in [-0.39, 0.29) is 0 Å². The van der Waals surface area contributed by atoms with E-state index in [1.165, 1.54) is 38.8 Å². The number of aliphatic imine (C=N–C) groups is 1. The molecule has 98 valence electrons. The van der Waals surface area contributed by atoms with Crippen LogP contribution in [0.5, 0.6) is 0 Å². The molecule has 2 fully saturated rings. The highest BCUT2D eigenvalue weighted by Gasteiger charge is 2.43. The van der Waals surface area contributed by atoms with Gasteiger partial charge in [0, 0.05) is 26.7 Å². The second-order valence-electron chi connectivity index (χ2n) is 5.25. The van der Waals surface area contributed by atoms with Crippen molar-refractivity contribution in [2.45, 2.75) is 32.6 Å². The molecule has 0 aromatic rings. The molecule has 1 N–H and O–H groups in total. The molecule has 0 aromatic carbocycles. The molecule has 0 aromatic heterocycles. The largest absolute Gasteiger partial charge is 0.383 e. The van der Waals surface area contributed by atoms with Gasteiger partial charge in [-0.05, 0) is 31.6 Å². The lowest BCUT2D eigenvalue weighted by molar-refractivity contribution is 0.151. The van der Waals surface area contributed by atoms with E-state index in [1.807, 2.05) is 0 Å².